The molecule has 72 valence electrons. The van der Waals surface area contributed by atoms with Gasteiger partial charge in [-0.25, -0.2) is 4.57 Å². The van der Waals surface area contributed by atoms with Crippen molar-refractivity contribution in [3.8, 4) is 0 Å². The van der Waals surface area contributed by atoms with Crippen LogP contribution in [0.25, 0.3) is 0 Å². The zero-order valence-electron chi connectivity index (χ0n) is 4.80. The maximum atomic E-state index is 8.94. The Morgan fingerprint density at radius 3 is 1.00 bits per heavy atom. The Kier molecular flexibility index (Phi) is 9.93. The average Bonchev–Trinajstić information content (AvgIpc) is 1.12. The second-order valence-corrected chi connectivity index (χ2v) is 4.21. The van der Waals surface area contributed by atoms with E-state index in [2.05, 4.69) is 0 Å². The standard InChI is InChI=1S/AsH3O4.ClH.H3O4P/c2-1(3,4)5;;1-5(2,3)4/h(H3,2,3,4,5);1H;(H3,1,2,3,4). The topological polar surface area (TPSA) is 156 Å². The number of hydrogen-bond donors (Lipinski definition) is 6. The first-order chi connectivity index (χ1) is 4.00. The van der Waals surface area contributed by atoms with Crippen molar-refractivity contribution in [2.45, 2.75) is 0 Å². The van der Waals surface area contributed by atoms with Gasteiger partial charge in [-0.2, -0.15) is 0 Å². The van der Waals surface area contributed by atoms with Gasteiger partial charge >= 0.3 is 38.4 Å². The zero-order valence-corrected chi connectivity index (χ0v) is 8.39. The van der Waals surface area contributed by atoms with Crippen LogP contribution in [-0.2, 0) is 8.30 Å². The van der Waals surface area contributed by atoms with E-state index in [0.29, 0.717) is 0 Å². The Labute approximate surface area is 70.5 Å². The van der Waals surface area contributed by atoms with E-state index in [1.807, 2.05) is 0 Å². The molecule has 8 nitrogen and oxygen atoms in total. The van der Waals surface area contributed by atoms with Gasteiger partial charge in [0.15, 0.2) is 0 Å². The molecule has 11 heteroatoms. The first kappa shape index (κ1) is 17.7. The summed E-state index contributed by atoms with van der Waals surface area (Å²) in [5.74, 6) is 0. The second kappa shape index (κ2) is 6.19. The van der Waals surface area contributed by atoms with Crippen LogP contribution in [0.5, 0.6) is 0 Å². The van der Waals surface area contributed by atoms with Gasteiger partial charge in [0.1, 0.15) is 0 Å². The van der Waals surface area contributed by atoms with Crippen LogP contribution in [0.2, 0.25) is 0 Å². The van der Waals surface area contributed by atoms with E-state index in [1.54, 1.807) is 0 Å². The van der Waals surface area contributed by atoms with Crippen LogP contribution in [-0.4, -0.2) is 41.5 Å². The molecule has 0 aromatic heterocycles. The van der Waals surface area contributed by atoms with Crippen LogP contribution < -0.4 is 0 Å². The first-order valence-corrected chi connectivity index (χ1v) is 6.41. The van der Waals surface area contributed by atoms with E-state index in [4.69, 9.17) is 35.3 Å². The molecular formula is H7AsClO8P. The molecule has 0 amide bonds. The van der Waals surface area contributed by atoms with Gasteiger partial charge in [0.2, 0.25) is 0 Å². The van der Waals surface area contributed by atoms with Crippen molar-refractivity contribution in [3.05, 3.63) is 0 Å². The predicted octanol–water partition coefficient (Wildman–Crippen LogP) is -2.68. The first-order valence-electron chi connectivity index (χ1n) is 1.57. The number of rotatable bonds is 0. The summed E-state index contributed by atoms with van der Waals surface area (Å²) in [7, 11) is -4.64. The Morgan fingerprint density at radius 1 is 1.00 bits per heavy atom. The normalized spacial score (nSPS) is 10.7. The molecule has 0 heterocycles. The van der Waals surface area contributed by atoms with E-state index >= 15 is 0 Å². The fourth-order valence-corrected chi connectivity index (χ4v) is 0. The minimum absolute atomic E-state index is 0. The second-order valence-electron chi connectivity index (χ2n) is 1.03. The number of halogens is 1. The molecule has 6 N–H and O–H groups in total. The fourth-order valence-electron chi connectivity index (χ4n) is 0. The number of hydrogen-bond acceptors (Lipinski definition) is 2. The summed E-state index contributed by atoms with van der Waals surface area (Å²) < 4.78 is 39.6. The van der Waals surface area contributed by atoms with Crippen molar-refractivity contribution < 1.29 is 35.3 Å². The Bertz CT molecular complexity index is 126. The van der Waals surface area contributed by atoms with E-state index in [1.165, 1.54) is 0 Å². The van der Waals surface area contributed by atoms with Crippen LogP contribution >= 0.6 is 20.2 Å². The molecule has 0 atom stereocenters. The fraction of sp³-hybridized carbons (Fsp3) is 0. The van der Waals surface area contributed by atoms with E-state index in [9.17, 15) is 0 Å². The molecule has 0 spiro atoms. The van der Waals surface area contributed by atoms with Crippen LogP contribution in [0.15, 0.2) is 0 Å². The van der Waals surface area contributed by atoms with Gasteiger partial charge in [-0.3, -0.25) is 0 Å². The Hall–Kier alpha value is 0.638. The molecule has 0 saturated carbocycles. The van der Waals surface area contributed by atoms with Crippen LogP contribution in [0.1, 0.15) is 0 Å². The molecule has 0 aliphatic rings. The summed E-state index contributed by atoms with van der Waals surface area (Å²) >= 11 is -5.12. The molecule has 0 aromatic rings. The van der Waals surface area contributed by atoms with Gasteiger partial charge in [0.05, 0.1) is 0 Å². The van der Waals surface area contributed by atoms with Crippen molar-refractivity contribution in [2.24, 2.45) is 0 Å². The summed E-state index contributed by atoms with van der Waals surface area (Å²) in [6, 6.07) is 0. The third kappa shape index (κ3) is 1950. The Balaban J connectivity index is -0.000000107. The zero-order chi connectivity index (χ0) is 9.00. The molecule has 0 fully saturated rings. The third-order valence-corrected chi connectivity index (χ3v) is 0. The van der Waals surface area contributed by atoms with Crippen molar-refractivity contribution in [3.63, 3.8) is 0 Å². The summed E-state index contributed by atoms with van der Waals surface area (Å²) in [5, 5.41) is 0. The van der Waals surface area contributed by atoms with Crippen LogP contribution in [0, 0.1) is 0 Å². The van der Waals surface area contributed by atoms with Gasteiger partial charge in [-0.1, -0.05) is 0 Å². The summed E-state index contributed by atoms with van der Waals surface area (Å²) in [4.78, 5) is 21.6. The molecule has 0 unspecified atom stereocenters. The minimum atomic E-state index is -5.12. The summed E-state index contributed by atoms with van der Waals surface area (Å²) in [5.41, 5.74) is 0. The quantitative estimate of drug-likeness (QED) is 0.206. The average molecular weight is 276 g/mol. The van der Waals surface area contributed by atoms with Crippen molar-refractivity contribution >= 4 is 34.7 Å². The van der Waals surface area contributed by atoms with Gasteiger partial charge in [-0.15, -0.1) is 12.4 Å². The molecule has 0 aliphatic carbocycles. The molecule has 0 aromatic carbocycles. The van der Waals surface area contributed by atoms with E-state index in [0.717, 1.165) is 0 Å². The molecule has 0 aliphatic heterocycles. The SMILES string of the molecule is Cl.O=P(O)(O)O.O=[As](O)(O)O. The predicted molar refractivity (Wildman–Crippen MR) is 34.6 cm³/mol. The molecule has 11 heavy (non-hydrogen) atoms. The molecule has 0 rings (SSSR count). The van der Waals surface area contributed by atoms with Gasteiger partial charge in [0.25, 0.3) is 0 Å². The van der Waals surface area contributed by atoms with Gasteiger partial charge in [0, 0.05) is 0 Å². The third-order valence-electron chi connectivity index (χ3n) is 0. The maximum absolute atomic E-state index is 8.94. The van der Waals surface area contributed by atoms with Crippen molar-refractivity contribution in [1.29, 1.82) is 0 Å². The van der Waals surface area contributed by atoms with Crippen LogP contribution in [0.4, 0.5) is 0 Å². The van der Waals surface area contributed by atoms with Gasteiger partial charge < -0.3 is 14.7 Å². The molecule has 0 bridgehead atoms. The van der Waals surface area contributed by atoms with E-state index < -0.39 is 22.3 Å². The Morgan fingerprint density at radius 2 is 1.00 bits per heavy atom. The summed E-state index contributed by atoms with van der Waals surface area (Å²) in [6.07, 6.45) is 0. The molecule has 0 saturated heterocycles. The number of phosphoric acid groups is 1. The summed E-state index contributed by atoms with van der Waals surface area (Å²) in [6.45, 7) is 0. The van der Waals surface area contributed by atoms with E-state index in [-0.39, 0.29) is 12.4 Å². The molecule has 0 radical (unpaired) electrons. The monoisotopic (exact) mass is 276 g/mol. The molecular weight excluding hydrogens is 269 g/mol. The van der Waals surface area contributed by atoms with Crippen molar-refractivity contribution in [2.75, 3.05) is 0 Å². The van der Waals surface area contributed by atoms with Crippen LogP contribution in [0.3, 0.4) is 0 Å². The van der Waals surface area contributed by atoms with Crippen molar-refractivity contribution in [1.82, 2.24) is 0 Å². The van der Waals surface area contributed by atoms with Gasteiger partial charge in [-0.05, 0) is 0 Å².